The van der Waals surface area contributed by atoms with E-state index in [1.165, 1.54) is 22.3 Å². The number of hydrogen-bond donors (Lipinski definition) is 0. The van der Waals surface area contributed by atoms with E-state index in [0.29, 0.717) is 5.88 Å². The Morgan fingerprint density at radius 2 is 1.94 bits per heavy atom. The first-order chi connectivity index (χ1) is 8.78. The summed E-state index contributed by atoms with van der Waals surface area (Å²) in [6.07, 6.45) is 6.74. The van der Waals surface area contributed by atoms with Crippen LogP contribution in [0.4, 0.5) is 0 Å². The van der Waals surface area contributed by atoms with Crippen molar-refractivity contribution >= 4 is 17.7 Å². The van der Waals surface area contributed by atoms with Gasteiger partial charge in [0.05, 0.1) is 0 Å². The topological polar surface area (TPSA) is 12.9 Å². The predicted octanol–water partition coefficient (Wildman–Crippen LogP) is 4.31. The fraction of sp³-hybridized carbons (Fsp3) is 0.188. The Labute approximate surface area is 113 Å². The minimum Gasteiger partial charge on any atom is -0.264 e. The van der Waals surface area contributed by atoms with E-state index in [1.54, 1.807) is 6.20 Å². The summed E-state index contributed by atoms with van der Waals surface area (Å²) in [4.78, 5) is 4.12. The van der Waals surface area contributed by atoms with Crippen LogP contribution in [0.3, 0.4) is 0 Å². The molecule has 0 spiro atoms. The van der Waals surface area contributed by atoms with Crippen LogP contribution >= 0.6 is 11.6 Å². The number of halogens is 1. The van der Waals surface area contributed by atoms with Gasteiger partial charge in [0, 0.05) is 18.3 Å². The second-order valence-electron chi connectivity index (χ2n) is 4.40. The molecule has 0 fully saturated rings. The third-order valence-corrected chi connectivity index (χ3v) is 3.16. The van der Waals surface area contributed by atoms with Gasteiger partial charge >= 0.3 is 0 Å². The Kier molecular flexibility index (Phi) is 4.54. The van der Waals surface area contributed by atoms with Crippen LogP contribution in [-0.4, -0.2) is 10.9 Å². The SMILES string of the molecule is CC(=Cc1ccc(Cc2cccnc2)cc1)CCl. The summed E-state index contributed by atoms with van der Waals surface area (Å²) in [5.74, 6) is 0.581. The zero-order chi connectivity index (χ0) is 12.8. The molecule has 0 aliphatic heterocycles. The van der Waals surface area contributed by atoms with Crippen LogP contribution < -0.4 is 0 Å². The first-order valence-electron chi connectivity index (χ1n) is 5.99. The molecule has 0 atom stereocenters. The van der Waals surface area contributed by atoms with Crippen LogP contribution in [0, 0.1) is 0 Å². The van der Waals surface area contributed by atoms with Crippen molar-refractivity contribution in [1.82, 2.24) is 4.98 Å². The molecule has 0 unspecified atom stereocenters. The Morgan fingerprint density at radius 1 is 1.17 bits per heavy atom. The highest BCUT2D eigenvalue weighted by atomic mass is 35.5. The lowest BCUT2D eigenvalue weighted by Gasteiger charge is -2.02. The maximum absolute atomic E-state index is 5.77. The van der Waals surface area contributed by atoms with Gasteiger partial charge in [0.15, 0.2) is 0 Å². The molecular weight excluding hydrogens is 242 g/mol. The molecule has 0 saturated carbocycles. The van der Waals surface area contributed by atoms with Crippen LogP contribution in [0.5, 0.6) is 0 Å². The van der Waals surface area contributed by atoms with Crippen LogP contribution in [0.25, 0.3) is 6.08 Å². The standard InChI is InChI=1S/C16H16ClN/c1-13(11-17)9-14-4-6-15(7-5-14)10-16-3-2-8-18-12-16/h2-9,12H,10-11H2,1H3. The van der Waals surface area contributed by atoms with E-state index in [9.17, 15) is 0 Å². The van der Waals surface area contributed by atoms with Crippen molar-refractivity contribution in [2.75, 3.05) is 5.88 Å². The molecule has 92 valence electrons. The molecule has 0 aliphatic carbocycles. The second-order valence-corrected chi connectivity index (χ2v) is 4.67. The molecule has 1 heterocycles. The van der Waals surface area contributed by atoms with Crippen molar-refractivity contribution in [3.05, 3.63) is 71.1 Å². The van der Waals surface area contributed by atoms with Gasteiger partial charge in [-0.15, -0.1) is 11.6 Å². The molecule has 1 nitrogen and oxygen atoms in total. The van der Waals surface area contributed by atoms with Gasteiger partial charge in [-0.1, -0.05) is 42.0 Å². The summed E-state index contributed by atoms with van der Waals surface area (Å²) in [5, 5.41) is 0. The van der Waals surface area contributed by atoms with Crippen molar-refractivity contribution in [3.8, 4) is 0 Å². The molecule has 0 N–H and O–H groups in total. The third kappa shape index (κ3) is 3.71. The summed E-state index contributed by atoms with van der Waals surface area (Å²) in [6, 6.07) is 12.6. The lowest BCUT2D eigenvalue weighted by atomic mass is 10.0. The predicted molar refractivity (Wildman–Crippen MR) is 77.9 cm³/mol. The number of hydrogen-bond acceptors (Lipinski definition) is 1. The normalized spacial score (nSPS) is 11.6. The fourth-order valence-electron chi connectivity index (χ4n) is 1.79. The highest BCUT2D eigenvalue weighted by molar-refractivity contribution is 6.19. The quantitative estimate of drug-likeness (QED) is 0.744. The largest absolute Gasteiger partial charge is 0.264 e. The number of aromatic nitrogens is 1. The first-order valence-corrected chi connectivity index (χ1v) is 6.52. The molecule has 1 aromatic heterocycles. The third-order valence-electron chi connectivity index (χ3n) is 2.73. The fourth-order valence-corrected chi connectivity index (χ4v) is 1.87. The van der Waals surface area contributed by atoms with E-state index in [4.69, 9.17) is 11.6 Å². The number of benzene rings is 1. The summed E-state index contributed by atoms with van der Waals surface area (Å²) in [5.41, 5.74) is 4.90. The van der Waals surface area contributed by atoms with E-state index < -0.39 is 0 Å². The number of alkyl halides is 1. The zero-order valence-corrected chi connectivity index (χ0v) is 11.2. The number of pyridine rings is 1. The number of rotatable bonds is 4. The monoisotopic (exact) mass is 257 g/mol. The smallest absolute Gasteiger partial charge is 0.0434 e. The number of nitrogens with zero attached hydrogens (tertiary/aromatic N) is 1. The lowest BCUT2D eigenvalue weighted by molar-refractivity contribution is 1.14. The first kappa shape index (κ1) is 12.8. The van der Waals surface area contributed by atoms with Gasteiger partial charge in [-0.3, -0.25) is 4.98 Å². The molecule has 2 aromatic rings. The van der Waals surface area contributed by atoms with E-state index in [-0.39, 0.29) is 0 Å². The van der Waals surface area contributed by atoms with E-state index >= 15 is 0 Å². The lowest BCUT2D eigenvalue weighted by Crippen LogP contribution is -1.88. The minimum atomic E-state index is 0.581. The molecule has 0 radical (unpaired) electrons. The van der Waals surface area contributed by atoms with Crippen molar-refractivity contribution < 1.29 is 0 Å². The van der Waals surface area contributed by atoms with Crippen LogP contribution in [-0.2, 0) is 6.42 Å². The van der Waals surface area contributed by atoms with Gasteiger partial charge in [0.1, 0.15) is 0 Å². The van der Waals surface area contributed by atoms with Gasteiger partial charge in [-0.05, 0) is 36.1 Å². The van der Waals surface area contributed by atoms with E-state index in [0.717, 1.165) is 6.42 Å². The minimum absolute atomic E-state index is 0.581. The van der Waals surface area contributed by atoms with Gasteiger partial charge in [0.2, 0.25) is 0 Å². The Morgan fingerprint density at radius 3 is 2.56 bits per heavy atom. The maximum atomic E-state index is 5.77. The molecule has 18 heavy (non-hydrogen) atoms. The highest BCUT2D eigenvalue weighted by Gasteiger charge is 1.96. The van der Waals surface area contributed by atoms with Crippen molar-refractivity contribution in [3.63, 3.8) is 0 Å². The molecule has 0 bridgehead atoms. The molecule has 2 heteroatoms. The molecular formula is C16H16ClN. The Balaban J connectivity index is 2.09. The van der Waals surface area contributed by atoms with Gasteiger partial charge in [-0.2, -0.15) is 0 Å². The van der Waals surface area contributed by atoms with Crippen molar-refractivity contribution in [2.24, 2.45) is 0 Å². The maximum Gasteiger partial charge on any atom is 0.0434 e. The van der Waals surface area contributed by atoms with E-state index in [1.807, 2.05) is 19.2 Å². The van der Waals surface area contributed by atoms with Gasteiger partial charge in [0.25, 0.3) is 0 Å². The molecule has 1 aromatic carbocycles. The molecule has 2 rings (SSSR count). The number of allylic oxidation sites excluding steroid dienone is 1. The average molecular weight is 258 g/mol. The molecule has 0 saturated heterocycles. The highest BCUT2D eigenvalue weighted by Crippen LogP contribution is 2.12. The van der Waals surface area contributed by atoms with Crippen LogP contribution in [0.15, 0.2) is 54.4 Å². The summed E-state index contributed by atoms with van der Waals surface area (Å²) >= 11 is 5.77. The Hall–Kier alpha value is -1.60. The van der Waals surface area contributed by atoms with Crippen LogP contribution in [0.1, 0.15) is 23.6 Å². The van der Waals surface area contributed by atoms with E-state index in [2.05, 4.69) is 41.4 Å². The van der Waals surface area contributed by atoms with Gasteiger partial charge < -0.3 is 0 Å². The summed E-state index contributed by atoms with van der Waals surface area (Å²) in [7, 11) is 0. The second kappa shape index (κ2) is 6.36. The van der Waals surface area contributed by atoms with Gasteiger partial charge in [-0.25, -0.2) is 0 Å². The molecule has 0 amide bonds. The van der Waals surface area contributed by atoms with Crippen LogP contribution in [0.2, 0.25) is 0 Å². The Bertz CT molecular complexity index is 515. The summed E-state index contributed by atoms with van der Waals surface area (Å²) < 4.78 is 0. The zero-order valence-electron chi connectivity index (χ0n) is 10.4. The van der Waals surface area contributed by atoms with Crippen molar-refractivity contribution in [1.29, 1.82) is 0 Å². The van der Waals surface area contributed by atoms with Crippen molar-refractivity contribution in [2.45, 2.75) is 13.3 Å². The molecule has 0 aliphatic rings. The summed E-state index contributed by atoms with van der Waals surface area (Å²) in [6.45, 7) is 2.04. The average Bonchev–Trinajstić information content (AvgIpc) is 2.42.